The maximum atomic E-state index is 14.5. The van der Waals surface area contributed by atoms with Crippen LogP contribution in [-0.4, -0.2) is 27.8 Å². The minimum atomic E-state index is -0.675. The molecule has 0 spiro atoms. The number of pyridine rings is 2. The lowest BCUT2D eigenvalue weighted by atomic mass is 10.0. The predicted molar refractivity (Wildman–Crippen MR) is 95.7 cm³/mol. The highest BCUT2D eigenvalue weighted by Crippen LogP contribution is 2.28. The number of H-pyrrole nitrogens is 1. The number of carbonyl (C=O) groups excluding carboxylic acids is 1. The van der Waals surface area contributed by atoms with Gasteiger partial charge in [0.15, 0.2) is 17.3 Å². The van der Waals surface area contributed by atoms with Gasteiger partial charge < -0.3 is 9.72 Å². The van der Waals surface area contributed by atoms with E-state index in [0.717, 1.165) is 11.1 Å². The maximum Gasteiger partial charge on any atom is 0.198 e. The second kappa shape index (κ2) is 6.40. The molecule has 0 amide bonds. The number of hydrogen-bond acceptors (Lipinski definition) is 4. The minimum Gasteiger partial charge on any atom is -0.494 e. The lowest BCUT2D eigenvalue weighted by Gasteiger charge is -2.06. The van der Waals surface area contributed by atoms with E-state index in [1.807, 2.05) is 18.2 Å². The first-order chi connectivity index (χ1) is 12.7. The van der Waals surface area contributed by atoms with Gasteiger partial charge in [-0.05, 0) is 24.3 Å². The zero-order valence-corrected chi connectivity index (χ0v) is 13.9. The van der Waals surface area contributed by atoms with Crippen LogP contribution in [0.5, 0.6) is 5.75 Å². The summed E-state index contributed by atoms with van der Waals surface area (Å²) in [7, 11) is 1.36. The molecule has 1 N–H and O–H groups in total. The van der Waals surface area contributed by atoms with E-state index < -0.39 is 11.6 Å². The van der Waals surface area contributed by atoms with Gasteiger partial charge in [0, 0.05) is 46.9 Å². The summed E-state index contributed by atoms with van der Waals surface area (Å²) >= 11 is 0. The van der Waals surface area contributed by atoms with Crippen molar-refractivity contribution in [1.82, 2.24) is 15.0 Å². The van der Waals surface area contributed by atoms with Gasteiger partial charge in [0.1, 0.15) is 5.65 Å². The van der Waals surface area contributed by atoms with Gasteiger partial charge >= 0.3 is 0 Å². The van der Waals surface area contributed by atoms with Crippen molar-refractivity contribution in [2.45, 2.75) is 0 Å². The van der Waals surface area contributed by atoms with Crippen LogP contribution in [0.3, 0.4) is 0 Å². The van der Waals surface area contributed by atoms with Crippen molar-refractivity contribution in [3.63, 3.8) is 0 Å². The fourth-order valence-electron chi connectivity index (χ4n) is 2.87. The van der Waals surface area contributed by atoms with Crippen molar-refractivity contribution in [1.29, 1.82) is 0 Å². The van der Waals surface area contributed by atoms with Crippen LogP contribution in [0.15, 0.2) is 61.2 Å². The molecule has 1 aromatic carbocycles. The van der Waals surface area contributed by atoms with Crippen LogP contribution in [0, 0.1) is 5.82 Å². The van der Waals surface area contributed by atoms with E-state index in [2.05, 4.69) is 15.0 Å². The summed E-state index contributed by atoms with van der Waals surface area (Å²) in [5.74, 6) is -1.08. The minimum absolute atomic E-state index is 0.0323. The Morgan fingerprint density at radius 1 is 1.12 bits per heavy atom. The summed E-state index contributed by atoms with van der Waals surface area (Å²) in [6.45, 7) is 0. The molecule has 128 valence electrons. The second-order valence-corrected chi connectivity index (χ2v) is 5.72. The summed E-state index contributed by atoms with van der Waals surface area (Å²) in [6.07, 6.45) is 6.66. The van der Waals surface area contributed by atoms with Crippen molar-refractivity contribution >= 4 is 16.8 Å². The Morgan fingerprint density at radius 3 is 2.77 bits per heavy atom. The van der Waals surface area contributed by atoms with Gasteiger partial charge in [0.05, 0.1) is 12.7 Å². The molecular weight excluding hydrogens is 333 g/mol. The molecule has 6 heteroatoms. The lowest BCUT2D eigenvalue weighted by Crippen LogP contribution is -2.05. The van der Waals surface area contributed by atoms with E-state index in [1.165, 1.54) is 19.2 Å². The fourth-order valence-corrected chi connectivity index (χ4v) is 2.87. The number of hydrogen-bond donors (Lipinski definition) is 1. The van der Waals surface area contributed by atoms with Crippen LogP contribution in [0.1, 0.15) is 15.9 Å². The number of aromatic amines is 1. The third kappa shape index (κ3) is 2.61. The molecule has 0 aliphatic carbocycles. The van der Waals surface area contributed by atoms with Crippen LogP contribution in [0.25, 0.3) is 22.2 Å². The van der Waals surface area contributed by atoms with Crippen LogP contribution in [-0.2, 0) is 0 Å². The maximum absolute atomic E-state index is 14.5. The lowest BCUT2D eigenvalue weighted by molar-refractivity contribution is 0.103. The van der Waals surface area contributed by atoms with E-state index in [4.69, 9.17) is 4.74 Å². The number of aromatic nitrogens is 3. The van der Waals surface area contributed by atoms with E-state index in [-0.39, 0.29) is 11.3 Å². The quantitative estimate of drug-likeness (QED) is 0.567. The van der Waals surface area contributed by atoms with Crippen molar-refractivity contribution < 1.29 is 13.9 Å². The third-order valence-corrected chi connectivity index (χ3v) is 4.20. The Balaban J connectivity index is 1.83. The number of carbonyl (C=O) groups is 1. The fraction of sp³-hybridized carbons (Fsp3) is 0.0500. The first-order valence-electron chi connectivity index (χ1n) is 7.94. The van der Waals surface area contributed by atoms with E-state index in [1.54, 1.807) is 30.9 Å². The number of ketones is 1. The Morgan fingerprint density at radius 2 is 2.00 bits per heavy atom. The molecule has 0 unspecified atom stereocenters. The largest absolute Gasteiger partial charge is 0.494 e. The van der Waals surface area contributed by atoms with Gasteiger partial charge in [-0.3, -0.25) is 9.78 Å². The molecule has 0 saturated carbocycles. The summed E-state index contributed by atoms with van der Waals surface area (Å²) in [6, 6.07) is 10.1. The van der Waals surface area contributed by atoms with Crippen molar-refractivity contribution in [3.8, 4) is 16.9 Å². The van der Waals surface area contributed by atoms with Crippen LogP contribution in [0.4, 0.5) is 4.39 Å². The molecule has 3 aromatic heterocycles. The Kier molecular flexibility index (Phi) is 3.93. The molecule has 3 heterocycles. The van der Waals surface area contributed by atoms with Gasteiger partial charge in [-0.1, -0.05) is 12.1 Å². The molecule has 0 bridgehead atoms. The number of methoxy groups -OCH3 is 1. The Bertz CT molecular complexity index is 1110. The number of benzene rings is 1. The third-order valence-electron chi connectivity index (χ3n) is 4.20. The van der Waals surface area contributed by atoms with E-state index in [0.29, 0.717) is 16.6 Å². The molecule has 0 saturated heterocycles. The molecule has 0 atom stereocenters. The van der Waals surface area contributed by atoms with Gasteiger partial charge in [-0.25, -0.2) is 9.37 Å². The molecule has 0 radical (unpaired) electrons. The highest BCUT2D eigenvalue weighted by molar-refractivity contribution is 6.16. The second-order valence-electron chi connectivity index (χ2n) is 5.72. The Labute approximate surface area is 148 Å². The topological polar surface area (TPSA) is 67.9 Å². The molecule has 5 nitrogen and oxygen atoms in total. The van der Waals surface area contributed by atoms with Crippen molar-refractivity contribution in [2.24, 2.45) is 0 Å². The van der Waals surface area contributed by atoms with E-state index in [9.17, 15) is 9.18 Å². The molecule has 4 rings (SSSR count). The zero-order chi connectivity index (χ0) is 18.1. The van der Waals surface area contributed by atoms with E-state index >= 15 is 0 Å². The number of rotatable bonds is 4. The first kappa shape index (κ1) is 16.0. The number of halogens is 1. The standard InChI is InChI=1S/C20H14FN3O2/c1-26-17-6-2-5-14(18(17)21)19(25)16-11-24-20-15(16)8-13(10-23-20)12-4-3-7-22-9-12/h2-11H,1H3,(H,23,24). The number of fused-ring (bicyclic) bond motifs is 1. The Hall–Kier alpha value is -3.54. The van der Waals surface area contributed by atoms with Gasteiger partial charge in [-0.15, -0.1) is 0 Å². The monoisotopic (exact) mass is 347 g/mol. The highest BCUT2D eigenvalue weighted by Gasteiger charge is 2.20. The molecule has 0 aliphatic heterocycles. The molecule has 0 fully saturated rings. The molecule has 0 aliphatic rings. The molecule has 4 aromatic rings. The van der Waals surface area contributed by atoms with Crippen molar-refractivity contribution in [3.05, 3.63) is 78.1 Å². The zero-order valence-electron chi connectivity index (χ0n) is 13.9. The van der Waals surface area contributed by atoms with Crippen molar-refractivity contribution in [2.75, 3.05) is 7.11 Å². The first-order valence-corrected chi connectivity index (χ1v) is 7.94. The number of nitrogens with one attached hydrogen (secondary N) is 1. The molecule has 26 heavy (non-hydrogen) atoms. The molecular formula is C20H14FN3O2. The van der Waals surface area contributed by atoms with Crippen LogP contribution in [0.2, 0.25) is 0 Å². The number of nitrogens with zero attached hydrogens (tertiary/aromatic N) is 2. The summed E-state index contributed by atoms with van der Waals surface area (Å²) in [5, 5.41) is 0.624. The number of ether oxygens (including phenoxy) is 1. The highest BCUT2D eigenvalue weighted by atomic mass is 19.1. The average molecular weight is 347 g/mol. The smallest absolute Gasteiger partial charge is 0.198 e. The van der Waals surface area contributed by atoms with Gasteiger partial charge in [-0.2, -0.15) is 0 Å². The van der Waals surface area contributed by atoms with Gasteiger partial charge in [0.2, 0.25) is 0 Å². The van der Waals surface area contributed by atoms with Crippen LogP contribution >= 0.6 is 0 Å². The normalized spacial score (nSPS) is 10.8. The van der Waals surface area contributed by atoms with Crippen LogP contribution < -0.4 is 4.74 Å². The summed E-state index contributed by atoms with van der Waals surface area (Å²) in [4.78, 5) is 24.3. The van der Waals surface area contributed by atoms with Gasteiger partial charge in [0.25, 0.3) is 0 Å². The average Bonchev–Trinajstić information content (AvgIpc) is 3.11. The summed E-state index contributed by atoms with van der Waals surface area (Å²) < 4.78 is 19.4. The predicted octanol–water partition coefficient (Wildman–Crippen LogP) is 4.00. The summed E-state index contributed by atoms with van der Waals surface area (Å²) in [5.41, 5.74) is 2.58. The SMILES string of the molecule is COc1cccc(C(=O)c2c[nH]c3ncc(-c4cccnc4)cc23)c1F.